The van der Waals surface area contributed by atoms with Crippen LogP contribution in [-0.2, 0) is 0 Å². The van der Waals surface area contributed by atoms with Crippen molar-refractivity contribution in [2.45, 2.75) is 18.9 Å². The number of hydrogen-bond acceptors (Lipinski definition) is 4. The molecule has 0 radical (unpaired) electrons. The summed E-state index contributed by atoms with van der Waals surface area (Å²) in [5.74, 6) is 0.911. The zero-order valence-electron chi connectivity index (χ0n) is 13.0. The standard InChI is InChI=1S/C16H26N4O/c1-19(12-14-4-3-9-20(14)2)10-11-21-15-7-5-13(6-8-15)16(17)18/h5-8,14H,3-4,9-12H2,1-2H3,(H3,17,18). The molecule has 1 atom stereocenters. The number of likely N-dealkylation sites (tertiary alicyclic amines) is 1. The first-order chi connectivity index (χ1) is 10.1. The Morgan fingerprint density at radius 1 is 1.43 bits per heavy atom. The van der Waals surface area contributed by atoms with E-state index in [1.807, 2.05) is 24.3 Å². The average molecular weight is 290 g/mol. The molecule has 21 heavy (non-hydrogen) atoms. The lowest BCUT2D eigenvalue weighted by Crippen LogP contribution is -2.38. The number of ether oxygens (including phenoxy) is 1. The number of likely N-dealkylation sites (N-methyl/N-ethyl adjacent to an activating group) is 2. The molecule has 116 valence electrons. The zero-order valence-corrected chi connectivity index (χ0v) is 13.0. The Bertz CT molecular complexity index is 460. The number of benzene rings is 1. The highest BCUT2D eigenvalue weighted by Crippen LogP contribution is 2.15. The largest absolute Gasteiger partial charge is 0.492 e. The topological polar surface area (TPSA) is 65.6 Å². The molecular formula is C16H26N4O. The van der Waals surface area contributed by atoms with E-state index in [9.17, 15) is 0 Å². The van der Waals surface area contributed by atoms with Crippen LogP contribution in [0.15, 0.2) is 24.3 Å². The molecule has 1 saturated heterocycles. The van der Waals surface area contributed by atoms with Crippen molar-refractivity contribution in [2.24, 2.45) is 5.73 Å². The van der Waals surface area contributed by atoms with Crippen molar-refractivity contribution in [3.8, 4) is 5.75 Å². The van der Waals surface area contributed by atoms with Gasteiger partial charge in [0.05, 0.1) is 0 Å². The lowest BCUT2D eigenvalue weighted by molar-refractivity contribution is 0.190. The van der Waals surface area contributed by atoms with Crippen molar-refractivity contribution >= 4 is 5.84 Å². The Hall–Kier alpha value is -1.59. The molecule has 5 nitrogen and oxygen atoms in total. The average Bonchev–Trinajstić information content (AvgIpc) is 2.85. The summed E-state index contributed by atoms with van der Waals surface area (Å²) in [7, 11) is 4.35. The number of hydrogen-bond donors (Lipinski definition) is 2. The monoisotopic (exact) mass is 290 g/mol. The molecule has 1 fully saturated rings. The van der Waals surface area contributed by atoms with Gasteiger partial charge in [-0.25, -0.2) is 0 Å². The summed E-state index contributed by atoms with van der Waals surface area (Å²) < 4.78 is 5.74. The second kappa shape index (κ2) is 7.43. The number of amidine groups is 1. The highest BCUT2D eigenvalue weighted by atomic mass is 16.5. The first-order valence-corrected chi connectivity index (χ1v) is 7.52. The molecule has 0 saturated carbocycles. The van der Waals surface area contributed by atoms with Crippen LogP contribution in [-0.4, -0.2) is 62.0 Å². The van der Waals surface area contributed by atoms with Crippen LogP contribution < -0.4 is 10.5 Å². The lowest BCUT2D eigenvalue weighted by Gasteiger charge is -2.25. The van der Waals surface area contributed by atoms with Gasteiger partial charge in [-0.3, -0.25) is 5.41 Å². The predicted octanol–water partition coefficient (Wildman–Crippen LogP) is 1.38. The molecular weight excluding hydrogens is 264 g/mol. The maximum Gasteiger partial charge on any atom is 0.122 e. The maximum absolute atomic E-state index is 7.35. The predicted molar refractivity (Wildman–Crippen MR) is 86.1 cm³/mol. The van der Waals surface area contributed by atoms with E-state index in [1.54, 1.807) is 0 Å². The Labute approximate surface area is 127 Å². The van der Waals surface area contributed by atoms with Crippen LogP contribution in [0.25, 0.3) is 0 Å². The van der Waals surface area contributed by atoms with Crippen molar-refractivity contribution in [2.75, 3.05) is 40.3 Å². The molecule has 1 aromatic rings. The van der Waals surface area contributed by atoms with Crippen LogP contribution in [0, 0.1) is 5.41 Å². The third-order valence-electron chi connectivity index (χ3n) is 4.10. The van der Waals surface area contributed by atoms with E-state index in [0.29, 0.717) is 12.6 Å². The summed E-state index contributed by atoms with van der Waals surface area (Å²) in [6, 6.07) is 8.04. The van der Waals surface area contributed by atoms with Gasteiger partial charge in [0.15, 0.2) is 0 Å². The summed E-state index contributed by atoms with van der Waals surface area (Å²) >= 11 is 0. The van der Waals surface area contributed by atoms with Gasteiger partial charge in [-0.05, 0) is 57.7 Å². The van der Waals surface area contributed by atoms with Crippen molar-refractivity contribution in [1.29, 1.82) is 5.41 Å². The molecule has 2 rings (SSSR count). The van der Waals surface area contributed by atoms with Gasteiger partial charge in [0, 0.05) is 24.7 Å². The molecule has 1 aliphatic rings. The minimum absolute atomic E-state index is 0.0852. The van der Waals surface area contributed by atoms with Gasteiger partial charge < -0.3 is 20.3 Å². The molecule has 3 N–H and O–H groups in total. The Morgan fingerprint density at radius 3 is 2.71 bits per heavy atom. The van der Waals surface area contributed by atoms with E-state index in [1.165, 1.54) is 19.4 Å². The van der Waals surface area contributed by atoms with Crippen molar-refractivity contribution < 1.29 is 4.74 Å². The Kier molecular flexibility index (Phi) is 5.59. The summed E-state index contributed by atoms with van der Waals surface area (Å²) in [5, 5.41) is 7.35. The molecule has 0 aromatic heterocycles. The molecule has 0 aliphatic carbocycles. The lowest BCUT2D eigenvalue weighted by atomic mass is 10.2. The Balaban J connectivity index is 1.69. The van der Waals surface area contributed by atoms with Crippen LogP contribution >= 0.6 is 0 Å². The second-order valence-electron chi connectivity index (χ2n) is 5.83. The number of nitrogens with two attached hydrogens (primary N) is 1. The van der Waals surface area contributed by atoms with Crippen LogP contribution in [0.2, 0.25) is 0 Å². The van der Waals surface area contributed by atoms with Crippen LogP contribution in [0.5, 0.6) is 5.75 Å². The first kappa shape index (κ1) is 15.8. The van der Waals surface area contributed by atoms with E-state index in [-0.39, 0.29) is 5.84 Å². The van der Waals surface area contributed by atoms with Gasteiger partial charge in [-0.1, -0.05) is 0 Å². The van der Waals surface area contributed by atoms with E-state index in [0.717, 1.165) is 24.4 Å². The number of rotatable bonds is 7. The van der Waals surface area contributed by atoms with Crippen LogP contribution in [0.1, 0.15) is 18.4 Å². The summed E-state index contributed by atoms with van der Waals surface area (Å²) in [5.41, 5.74) is 6.15. The molecule has 0 bridgehead atoms. The zero-order chi connectivity index (χ0) is 15.2. The highest BCUT2D eigenvalue weighted by molar-refractivity contribution is 5.94. The second-order valence-corrected chi connectivity index (χ2v) is 5.83. The minimum Gasteiger partial charge on any atom is -0.492 e. The molecule has 1 unspecified atom stereocenters. The SMILES string of the molecule is CN(CCOc1ccc(C(=N)N)cc1)CC1CCCN1C. The fourth-order valence-corrected chi connectivity index (χ4v) is 2.71. The number of nitrogen functional groups attached to an aromatic ring is 1. The van der Waals surface area contributed by atoms with Gasteiger partial charge in [0.25, 0.3) is 0 Å². The fourth-order valence-electron chi connectivity index (χ4n) is 2.71. The van der Waals surface area contributed by atoms with E-state index in [4.69, 9.17) is 15.9 Å². The molecule has 1 heterocycles. The van der Waals surface area contributed by atoms with E-state index >= 15 is 0 Å². The summed E-state index contributed by atoms with van der Waals surface area (Å²) in [6.45, 7) is 3.91. The molecule has 1 aromatic carbocycles. The van der Waals surface area contributed by atoms with E-state index in [2.05, 4.69) is 23.9 Å². The molecule has 1 aliphatic heterocycles. The molecule has 5 heteroatoms. The van der Waals surface area contributed by atoms with Gasteiger partial charge in [0.2, 0.25) is 0 Å². The van der Waals surface area contributed by atoms with Gasteiger partial charge in [-0.2, -0.15) is 0 Å². The third-order valence-corrected chi connectivity index (χ3v) is 4.10. The van der Waals surface area contributed by atoms with Gasteiger partial charge >= 0.3 is 0 Å². The van der Waals surface area contributed by atoms with Crippen LogP contribution in [0.4, 0.5) is 0 Å². The molecule has 0 spiro atoms. The Morgan fingerprint density at radius 2 is 2.14 bits per heavy atom. The van der Waals surface area contributed by atoms with Gasteiger partial charge in [-0.15, -0.1) is 0 Å². The maximum atomic E-state index is 7.35. The molecule has 0 amide bonds. The van der Waals surface area contributed by atoms with E-state index < -0.39 is 0 Å². The third kappa shape index (κ3) is 4.72. The van der Waals surface area contributed by atoms with Crippen molar-refractivity contribution in [3.63, 3.8) is 0 Å². The van der Waals surface area contributed by atoms with Gasteiger partial charge in [0.1, 0.15) is 18.2 Å². The fraction of sp³-hybridized carbons (Fsp3) is 0.562. The van der Waals surface area contributed by atoms with Crippen molar-refractivity contribution in [1.82, 2.24) is 9.80 Å². The summed E-state index contributed by atoms with van der Waals surface area (Å²) in [6.07, 6.45) is 2.61. The summed E-state index contributed by atoms with van der Waals surface area (Å²) in [4.78, 5) is 4.77. The minimum atomic E-state index is 0.0852. The highest BCUT2D eigenvalue weighted by Gasteiger charge is 2.21. The van der Waals surface area contributed by atoms with Crippen molar-refractivity contribution in [3.05, 3.63) is 29.8 Å². The van der Waals surface area contributed by atoms with Crippen LogP contribution in [0.3, 0.4) is 0 Å². The number of nitrogens with one attached hydrogen (secondary N) is 1. The number of nitrogens with zero attached hydrogens (tertiary/aromatic N) is 2. The smallest absolute Gasteiger partial charge is 0.122 e. The first-order valence-electron chi connectivity index (χ1n) is 7.52. The quantitative estimate of drug-likeness (QED) is 0.588. The normalized spacial score (nSPS) is 19.1.